The number of benzene rings is 2. The summed E-state index contributed by atoms with van der Waals surface area (Å²) < 4.78 is 0. The highest BCUT2D eigenvalue weighted by Crippen LogP contribution is 2.26. The minimum atomic E-state index is 0.725. The highest BCUT2D eigenvalue weighted by Gasteiger charge is 2.11. The highest BCUT2D eigenvalue weighted by molar-refractivity contribution is 5.89. The summed E-state index contributed by atoms with van der Waals surface area (Å²) in [5, 5.41) is 0. The summed E-state index contributed by atoms with van der Waals surface area (Å²) in [5.74, 6) is 0.748. The van der Waals surface area contributed by atoms with Crippen LogP contribution in [0.4, 0.5) is 0 Å². The van der Waals surface area contributed by atoms with Gasteiger partial charge in [-0.2, -0.15) is 0 Å². The number of aromatic nitrogens is 2. The topological polar surface area (TPSA) is 54.7 Å². The predicted octanol–water partition coefficient (Wildman–Crippen LogP) is 4.36. The summed E-state index contributed by atoms with van der Waals surface area (Å²) in [6.45, 7) is 4.28. The summed E-state index contributed by atoms with van der Waals surface area (Å²) in [4.78, 5) is 7.91. The number of nitrogens with zero attached hydrogens (tertiary/aromatic N) is 1. The van der Waals surface area contributed by atoms with Crippen LogP contribution in [0, 0.1) is 0 Å². The fourth-order valence-electron chi connectivity index (χ4n) is 2.71. The van der Waals surface area contributed by atoms with E-state index in [9.17, 15) is 0 Å². The van der Waals surface area contributed by atoms with Gasteiger partial charge in [-0.05, 0) is 41.7 Å². The Hall–Kier alpha value is -2.55. The number of imidazole rings is 1. The summed E-state index contributed by atoms with van der Waals surface area (Å²) in [7, 11) is 0. The first-order chi connectivity index (χ1) is 10.7. The molecule has 3 heteroatoms. The molecule has 1 heterocycles. The van der Waals surface area contributed by atoms with Gasteiger partial charge in [-0.15, -0.1) is 0 Å². The lowest BCUT2D eigenvalue weighted by Crippen LogP contribution is -2.03. The van der Waals surface area contributed by atoms with Crippen LogP contribution in [0.15, 0.2) is 48.5 Å². The molecule has 0 amide bonds. The van der Waals surface area contributed by atoms with E-state index in [1.807, 2.05) is 24.3 Å². The smallest absolute Gasteiger partial charge is 0.154 e. The van der Waals surface area contributed by atoms with Gasteiger partial charge in [0.1, 0.15) is 0 Å². The largest absolute Gasteiger partial charge is 0.395 e. The van der Waals surface area contributed by atoms with Crippen molar-refractivity contribution in [3.8, 4) is 0 Å². The molecule has 0 atom stereocenters. The summed E-state index contributed by atoms with van der Waals surface area (Å²) in [6.07, 6.45) is 1.92. The summed E-state index contributed by atoms with van der Waals surface area (Å²) >= 11 is 0. The molecule has 2 aromatic carbocycles. The van der Waals surface area contributed by atoms with Crippen molar-refractivity contribution in [1.82, 2.24) is 9.97 Å². The van der Waals surface area contributed by atoms with Crippen LogP contribution in [0.3, 0.4) is 0 Å². The molecule has 3 rings (SSSR count). The lowest BCUT2D eigenvalue weighted by molar-refractivity contribution is 1.13. The van der Waals surface area contributed by atoms with E-state index in [0.717, 1.165) is 46.5 Å². The van der Waals surface area contributed by atoms with E-state index in [-0.39, 0.29) is 0 Å². The van der Waals surface area contributed by atoms with Crippen LogP contribution in [0.2, 0.25) is 0 Å². The third kappa shape index (κ3) is 2.62. The van der Waals surface area contributed by atoms with Crippen LogP contribution in [0.5, 0.6) is 0 Å². The molecule has 0 saturated heterocycles. The zero-order valence-corrected chi connectivity index (χ0v) is 13.1. The molecule has 0 spiro atoms. The molecule has 1 aromatic heterocycles. The molecular weight excluding hydrogens is 270 g/mol. The molecule has 0 fully saturated rings. The molecular formula is C19H21N3. The van der Waals surface area contributed by atoms with Crippen molar-refractivity contribution in [3.63, 3.8) is 0 Å². The fourth-order valence-corrected chi connectivity index (χ4v) is 2.71. The second kappa shape index (κ2) is 6.06. The maximum Gasteiger partial charge on any atom is 0.154 e. The molecule has 0 unspecified atom stereocenters. The molecule has 0 bridgehead atoms. The standard InChI is InChI=1S/C19H21N3/c1-3-13-9-11-14(12-10-13)15(4-2)18(20)19-21-16-7-5-6-8-17(16)22-19/h5-12H,3-4,20H2,1-2H3,(H,21,22). The first kappa shape index (κ1) is 14.4. The average Bonchev–Trinajstić information content (AvgIpc) is 3.00. The highest BCUT2D eigenvalue weighted by atomic mass is 14.9. The summed E-state index contributed by atoms with van der Waals surface area (Å²) in [6, 6.07) is 16.6. The number of H-pyrrole nitrogens is 1. The van der Waals surface area contributed by atoms with Crippen molar-refractivity contribution in [1.29, 1.82) is 0 Å². The zero-order chi connectivity index (χ0) is 15.5. The van der Waals surface area contributed by atoms with Crippen molar-refractivity contribution in [2.45, 2.75) is 26.7 Å². The molecule has 3 aromatic rings. The number of para-hydroxylation sites is 2. The minimum absolute atomic E-state index is 0.725. The van der Waals surface area contributed by atoms with E-state index in [0.29, 0.717) is 0 Å². The molecule has 0 aliphatic heterocycles. The number of hydrogen-bond donors (Lipinski definition) is 2. The van der Waals surface area contributed by atoms with E-state index in [1.165, 1.54) is 5.56 Å². The fraction of sp³-hybridized carbons (Fsp3) is 0.211. The second-order valence-corrected chi connectivity index (χ2v) is 5.40. The first-order valence-electron chi connectivity index (χ1n) is 7.76. The number of hydrogen-bond acceptors (Lipinski definition) is 2. The van der Waals surface area contributed by atoms with E-state index in [2.05, 4.69) is 48.1 Å². The van der Waals surface area contributed by atoms with Gasteiger partial charge >= 0.3 is 0 Å². The number of allylic oxidation sites excluding steroid dienone is 1. The number of nitrogens with one attached hydrogen (secondary N) is 1. The second-order valence-electron chi connectivity index (χ2n) is 5.40. The average molecular weight is 291 g/mol. The Bertz CT molecular complexity index is 777. The maximum absolute atomic E-state index is 6.40. The third-order valence-corrected chi connectivity index (χ3v) is 4.03. The van der Waals surface area contributed by atoms with Crippen molar-refractivity contribution in [2.24, 2.45) is 5.73 Å². The number of rotatable bonds is 4. The van der Waals surface area contributed by atoms with Gasteiger partial charge < -0.3 is 10.7 Å². The van der Waals surface area contributed by atoms with Crippen LogP contribution in [0.1, 0.15) is 37.2 Å². The maximum atomic E-state index is 6.40. The van der Waals surface area contributed by atoms with E-state index < -0.39 is 0 Å². The molecule has 22 heavy (non-hydrogen) atoms. The van der Waals surface area contributed by atoms with E-state index >= 15 is 0 Å². The Morgan fingerprint density at radius 2 is 1.77 bits per heavy atom. The van der Waals surface area contributed by atoms with Gasteiger partial charge in [0, 0.05) is 0 Å². The Kier molecular flexibility index (Phi) is 3.96. The Morgan fingerprint density at radius 1 is 1.05 bits per heavy atom. The van der Waals surface area contributed by atoms with E-state index in [4.69, 9.17) is 5.73 Å². The number of fused-ring (bicyclic) bond motifs is 1. The molecule has 3 N–H and O–H groups in total. The third-order valence-electron chi connectivity index (χ3n) is 4.03. The number of nitrogens with two attached hydrogens (primary N) is 1. The first-order valence-corrected chi connectivity index (χ1v) is 7.76. The van der Waals surface area contributed by atoms with Gasteiger partial charge in [-0.1, -0.05) is 50.2 Å². The molecule has 0 aliphatic carbocycles. The lowest BCUT2D eigenvalue weighted by atomic mass is 9.99. The quantitative estimate of drug-likeness (QED) is 0.750. The van der Waals surface area contributed by atoms with Crippen molar-refractivity contribution in [3.05, 3.63) is 65.5 Å². The monoisotopic (exact) mass is 291 g/mol. The van der Waals surface area contributed by atoms with Gasteiger partial charge in [0.25, 0.3) is 0 Å². The normalized spacial score (nSPS) is 12.5. The Morgan fingerprint density at radius 3 is 2.41 bits per heavy atom. The van der Waals surface area contributed by atoms with Crippen LogP contribution >= 0.6 is 0 Å². The van der Waals surface area contributed by atoms with Crippen molar-refractivity contribution >= 4 is 22.3 Å². The van der Waals surface area contributed by atoms with Crippen molar-refractivity contribution < 1.29 is 0 Å². The van der Waals surface area contributed by atoms with Crippen LogP contribution in [-0.4, -0.2) is 9.97 Å². The van der Waals surface area contributed by atoms with Gasteiger partial charge in [-0.25, -0.2) is 4.98 Å². The molecule has 0 saturated carbocycles. The van der Waals surface area contributed by atoms with Crippen molar-refractivity contribution in [2.75, 3.05) is 0 Å². The molecule has 3 nitrogen and oxygen atoms in total. The van der Waals surface area contributed by atoms with Gasteiger partial charge in [0.05, 0.1) is 16.7 Å². The minimum Gasteiger partial charge on any atom is -0.395 e. The molecule has 112 valence electrons. The SMILES string of the molecule is CCC(=C(N)c1nc2ccccc2[nH]1)c1ccc(CC)cc1. The van der Waals surface area contributed by atoms with Crippen LogP contribution < -0.4 is 5.73 Å². The van der Waals surface area contributed by atoms with Gasteiger partial charge in [0.2, 0.25) is 0 Å². The van der Waals surface area contributed by atoms with Crippen LogP contribution in [-0.2, 0) is 6.42 Å². The van der Waals surface area contributed by atoms with Gasteiger partial charge in [-0.3, -0.25) is 0 Å². The number of aromatic amines is 1. The Labute approximate surface area is 130 Å². The lowest BCUT2D eigenvalue weighted by Gasteiger charge is -2.09. The molecule has 0 radical (unpaired) electrons. The van der Waals surface area contributed by atoms with Gasteiger partial charge in [0.15, 0.2) is 5.82 Å². The summed E-state index contributed by atoms with van der Waals surface area (Å²) in [5.41, 5.74) is 12.7. The Balaban J connectivity index is 2.06. The number of aryl methyl sites for hydroxylation is 1. The molecule has 0 aliphatic rings. The van der Waals surface area contributed by atoms with Crippen LogP contribution in [0.25, 0.3) is 22.3 Å². The predicted molar refractivity (Wildman–Crippen MR) is 93.2 cm³/mol. The van der Waals surface area contributed by atoms with E-state index in [1.54, 1.807) is 0 Å². The zero-order valence-electron chi connectivity index (χ0n) is 13.1.